The van der Waals surface area contributed by atoms with E-state index in [1.165, 1.54) is 11.1 Å². The van der Waals surface area contributed by atoms with Crippen LogP contribution >= 0.6 is 34.5 Å². The van der Waals surface area contributed by atoms with Crippen LogP contribution in [0.5, 0.6) is 0 Å². The highest BCUT2D eigenvalue weighted by atomic mass is 35.5. The summed E-state index contributed by atoms with van der Waals surface area (Å²) in [6, 6.07) is 8.10. The summed E-state index contributed by atoms with van der Waals surface area (Å²) in [6.45, 7) is 4.13. The van der Waals surface area contributed by atoms with Gasteiger partial charge < -0.3 is 0 Å². The van der Waals surface area contributed by atoms with Crippen LogP contribution in [0.15, 0.2) is 29.6 Å². The van der Waals surface area contributed by atoms with E-state index in [-0.39, 0.29) is 5.38 Å². The van der Waals surface area contributed by atoms with E-state index in [9.17, 15) is 0 Å². The summed E-state index contributed by atoms with van der Waals surface area (Å²) in [5, 5.41) is 2.63. The zero-order valence-electron chi connectivity index (χ0n) is 9.13. The fourth-order valence-corrected chi connectivity index (χ4v) is 3.09. The zero-order chi connectivity index (χ0) is 11.7. The maximum Gasteiger partial charge on any atom is 0.0942 e. The van der Waals surface area contributed by atoms with Gasteiger partial charge >= 0.3 is 0 Å². The van der Waals surface area contributed by atoms with Gasteiger partial charge in [0.05, 0.1) is 5.38 Å². The van der Waals surface area contributed by atoms with E-state index < -0.39 is 0 Å². The smallest absolute Gasteiger partial charge is 0.0942 e. The number of halogens is 2. The van der Waals surface area contributed by atoms with E-state index >= 15 is 0 Å². The Bertz CT molecular complexity index is 489. The summed E-state index contributed by atoms with van der Waals surface area (Å²) in [5.41, 5.74) is 3.42. The molecule has 1 aromatic heterocycles. The molecule has 0 spiro atoms. The monoisotopic (exact) mass is 270 g/mol. The number of benzene rings is 1. The van der Waals surface area contributed by atoms with Crippen molar-refractivity contribution in [3.63, 3.8) is 0 Å². The largest absolute Gasteiger partial charge is 0.147 e. The molecule has 0 aliphatic carbocycles. The van der Waals surface area contributed by atoms with E-state index in [2.05, 4.69) is 19.9 Å². The third kappa shape index (κ3) is 2.27. The third-order valence-corrected chi connectivity index (χ3v) is 4.54. The maximum atomic E-state index is 6.43. The molecule has 2 aromatic rings. The highest BCUT2D eigenvalue weighted by Crippen LogP contribution is 2.36. The van der Waals surface area contributed by atoms with Gasteiger partial charge in [-0.3, -0.25) is 0 Å². The lowest BCUT2D eigenvalue weighted by atomic mass is 10.0. The first-order valence-corrected chi connectivity index (χ1v) is 6.73. The Hall–Kier alpha value is -0.500. The van der Waals surface area contributed by atoms with Crippen LogP contribution in [0.2, 0.25) is 5.02 Å². The SMILES string of the molecule is Cc1cc(Cl)c(C(Cl)c2cccs2)cc1C. The van der Waals surface area contributed by atoms with Crippen LogP contribution in [-0.2, 0) is 0 Å². The Morgan fingerprint density at radius 1 is 1.19 bits per heavy atom. The van der Waals surface area contributed by atoms with Gasteiger partial charge in [0.2, 0.25) is 0 Å². The molecule has 1 unspecified atom stereocenters. The molecule has 1 aromatic carbocycles. The molecule has 0 fully saturated rings. The molecule has 16 heavy (non-hydrogen) atoms. The van der Waals surface area contributed by atoms with Gasteiger partial charge in [-0.15, -0.1) is 22.9 Å². The second-order valence-electron chi connectivity index (χ2n) is 3.84. The minimum atomic E-state index is -0.146. The van der Waals surface area contributed by atoms with E-state index in [1.807, 2.05) is 23.6 Å². The number of hydrogen-bond acceptors (Lipinski definition) is 1. The predicted octanol–water partition coefficient (Wildman–Crippen LogP) is 5.35. The molecule has 84 valence electrons. The summed E-state index contributed by atoms with van der Waals surface area (Å²) < 4.78 is 0. The van der Waals surface area contributed by atoms with E-state index in [1.54, 1.807) is 11.3 Å². The van der Waals surface area contributed by atoms with Crippen LogP contribution in [0.3, 0.4) is 0 Å². The Kier molecular flexibility index (Phi) is 3.58. The second kappa shape index (κ2) is 4.79. The summed E-state index contributed by atoms with van der Waals surface area (Å²) in [6.07, 6.45) is 0. The van der Waals surface area contributed by atoms with Gasteiger partial charge in [0.1, 0.15) is 0 Å². The lowest BCUT2D eigenvalue weighted by Crippen LogP contribution is -1.94. The maximum absolute atomic E-state index is 6.43. The number of hydrogen-bond donors (Lipinski definition) is 0. The first kappa shape index (κ1) is 12.0. The van der Waals surface area contributed by atoms with Crippen LogP contribution in [0.1, 0.15) is 26.9 Å². The Morgan fingerprint density at radius 3 is 2.50 bits per heavy atom. The van der Waals surface area contributed by atoms with Crippen molar-refractivity contribution in [1.82, 2.24) is 0 Å². The van der Waals surface area contributed by atoms with Crippen LogP contribution < -0.4 is 0 Å². The van der Waals surface area contributed by atoms with Gasteiger partial charge in [-0.2, -0.15) is 0 Å². The number of aryl methyl sites for hydroxylation is 2. The predicted molar refractivity (Wildman–Crippen MR) is 72.9 cm³/mol. The molecule has 1 heterocycles. The molecule has 0 radical (unpaired) electrons. The topological polar surface area (TPSA) is 0 Å². The van der Waals surface area contributed by atoms with Crippen molar-refractivity contribution in [2.75, 3.05) is 0 Å². The minimum absolute atomic E-state index is 0.146. The highest BCUT2D eigenvalue weighted by Gasteiger charge is 2.15. The summed E-state index contributed by atoms with van der Waals surface area (Å²) in [5.74, 6) is 0. The minimum Gasteiger partial charge on any atom is -0.147 e. The lowest BCUT2D eigenvalue weighted by molar-refractivity contribution is 1.16. The number of thiophene rings is 1. The first-order valence-electron chi connectivity index (χ1n) is 5.03. The van der Waals surface area contributed by atoms with E-state index in [4.69, 9.17) is 23.2 Å². The first-order chi connectivity index (χ1) is 7.59. The van der Waals surface area contributed by atoms with Gasteiger partial charge in [-0.25, -0.2) is 0 Å². The molecule has 0 bridgehead atoms. The average molecular weight is 271 g/mol. The third-order valence-electron chi connectivity index (χ3n) is 2.68. The van der Waals surface area contributed by atoms with Crippen molar-refractivity contribution in [2.24, 2.45) is 0 Å². The fourth-order valence-electron chi connectivity index (χ4n) is 1.59. The summed E-state index contributed by atoms with van der Waals surface area (Å²) >= 11 is 14.3. The molecule has 2 rings (SSSR count). The quantitative estimate of drug-likeness (QED) is 0.646. The van der Waals surface area contributed by atoms with Crippen LogP contribution in [-0.4, -0.2) is 0 Å². The van der Waals surface area contributed by atoms with Gasteiger partial charge in [0, 0.05) is 9.90 Å². The molecule has 0 aliphatic rings. The van der Waals surface area contributed by atoms with Crippen molar-refractivity contribution in [3.05, 3.63) is 56.2 Å². The molecule has 0 nitrogen and oxygen atoms in total. The van der Waals surface area contributed by atoms with Crippen LogP contribution in [0.4, 0.5) is 0 Å². The van der Waals surface area contributed by atoms with Crippen molar-refractivity contribution in [1.29, 1.82) is 0 Å². The average Bonchev–Trinajstić information content (AvgIpc) is 2.75. The molecule has 1 atom stereocenters. The van der Waals surface area contributed by atoms with E-state index in [0.29, 0.717) is 0 Å². The van der Waals surface area contributed by atoms with Gasteiger partial charge in [-0.05, 0) is 48.1 Å². The Labute approximate surface area is 110 Å². The summed E-state index contributed by atoms with van der Waals surface area (Å²) in [4.78, 5) is 1.13. The van der Waals surface area contributed by atoms with Crippen LogP contribution in [0.25, 0.3) is 0 Å². The molecular formula is C13H12Cl2S. The Morgan fingerprint density at radius 2 is 1.88 bits per heavy atom. The van der Waals surface area contributed by atoms with Crippen molar-refractivity contribution in [3.8, 4) is 0 Å². The molecule has 0 saturated carbocycles. The van der Waals surface area contributed by atoms with Crippen molar-refractivity contribution in [2.45, 2.75) is 19.2 Å². The highest BCUT2D eigenvalue weighted by molar-refractivity contribution is 7.10. The molecule has 0 saturated heterocycles. The molecule has 0 N–H and O–H groups in total. The molecule has 0 aliphatic heterocycles. The van der Waals surface area contributed by atoms with E-state index in [0.717, 1.165) is 15.5 Å². The Balaban J connectivity index is 2.44. The fraction of sp³-hybridized carbons (Fsp3) is 0.231. The summed E-state index contributed by atoms with van der Waals surface area (Å²) in [7, 11) is 0. The zero-order valence-corrected chi connectivity index (χ0v) is 11.5. The van der Waals surface area contributed by atoms with Crippen LogP contribution in [0, 0.1) is 13.8 Å². The lowest BCUT2D eigenvalue weighted by Gasteiger charge is -2.12. The van der Waals surface area contributed by atoms with Gasteiger partial charge in [-0.1, -0.05) is 23.7 Å². The second-order valence-corrected chi connectivity index (χ2v) is 5.66. The molecule has 0 amide bonds. The van der Waals surface area contributed by atoms with Gasteiger partial charge in [0.25, 0.3) is 0 Å². The normalized spacial score (nSPS) is 12.8. The van der Waals surface area contributed by atoms with Crippen molar-refractivity contribution < 1.29 is 0 Å². The number of rotatable bonds is 2. The number of alkyl halides is 1. The van der Waals surface area contributed by atoms with Gasteiger partial charge in [0.15, 0.2) is 0 Å². The standard InChI is InChI=1S/C13H12Cl2S/c1-8-6-10(11(14)7-9(8)2)13(15)12-4-3-5-16-12/h3-7,13H,1-2H3. The van der Waals surface area contributed by atoms with Crippen molar-refractivity contribution >= 4 is 34.5 Å². The molecule has 3 heteroatoms. The molecular weight excluding hydrogens is 259 g/mol.